The predicted molar refractivity (Wildman–Crippen MR) is 63.1 cm³/mol. The number of aromatic nitrogens is 2. The Bertz CT molecular complexity index is 405. The molecule has 0 unspecified atom stereocenters. The first-order chi connectivity index (χ1) is 7.72. The summed E-state index contributed by atoms with van der Waals surface area (Å²) in [6.45, 7) is 2.02. The second-order valence-corrected chi connectivity index (χ2v) is 4.95. The fourth-order valence-corrected chi connectivity index (χ4v) is 2.39. The van der Waals surface area contributed by atoms with E-state index in [0.29, 0.717) is 18.0 Å². The molecule has 1 fully saturated rings. The molecule has 5 heteroatoms. The molecule has 0 atom stereocenters. The first-order valence-corrected chi connectivity index (χ1v) is 6.54. The molecule has 1 aromatic heterocycles. The third-order valence-corrected chi connectivity index (χ3v) is 3.88. The van der Waals surface area contributed by atoms with Crippen LogP contribution < -0.4 is 0 Å². The van der Waals surface area contributed by atoms with Crippen LogP contribution in [0.15, 0.2) is 6.20 Å². The van der Waals surface area contributed by atoms with Gasteiger partial charge in [-0.1, -0.05) is 13.3 Å². The van der Waals surface area contributed by atoms with E-state index in [0.717, 1.165) is 23.8 Å². The number of carbonyl (C=O) groups is 1. The van der Waals surface area contributed by atoms with Gasteiger partial charge in [-0.05, 0) is 6.42 Å². The molecule has 4 nitrogen and oxygen atoms in total. The van der Waals surface area contributed by atoms with Gasteiger partial charge in [0.2, 0.25) is 0 Å². The molecular weight excluding hydrogens is 224 g/mol. The second-order valence-electron chi connectivity index (χ2n) is 3.88. The van der Waals surface area contributed by atoms with Gasteiger partial charge in [0.05, 0.1) is 11.3 Å². The minimum atomic E-state index is -0.932. The van der Waals surface area contributed by atoms with Crippen LogP contribution in [0.1, 0.15) is 41.1 Å². The topological polar surface area (TPSA) is 63.1 Å². The Hall–Kier alpha value is -1.10. The standard InChI is InChI=1S/C11H14N2O2S/c1-2-3-9-8(11(14)15)4-12-10(13-9)7-5-16-6-7/h4,7H,2-3,5-6H2,1H3,(H,14,15). The maximum Gasteiger partial charge on any atom is 0.339 e. The first-order valence-electron chi connectivity index (χ1n) is 5.39. The van der Waals surface area contributed by atoms with E-state index in [1.54, 1.807) is 0 Å². The lowest BCUT2D eigenvalue weighted by Crippen LogP contribution is -2.20. The fraction of sp³-hybridized carbons (Fsp3) is 0.545. The quantitative estimate of drug-likeness (QED) is 0.868. The Morgan fingerprint density at radius 2 is 2.38 bits per heavy atom. The van der Waals surface area contributed by atoms with Crippen molar-refractivity contribution in [2.24, 2.45) is 0 Å². The van der Waals surface area contributed by atoms with Crippen molar-refractivity contribution in [3.05, 3.63) is 23.3 Å². The summed E-state index contributed by atoms with van der Waals surface area (Å²) in [5.41, 5.74) is 0.925. The van der Waals surface area contributed by atoms with Crippen LogP contribution in [0.4, 0.5) is 0 Å². The Morgan fingerprint density at radius 1 is 1.62 bits per heavy atom. The summed E-state index contributed by atoms with van der Waals surface area (Å²) in [5.74, 6) is 2.41. The number of carboxylic acid groups (broad SMARTS) is 1. The van der Waals surface area contributed by atoms with Crippen molar-refractivity contribution in [1.82, 2.24) is 9.97 Å². The van der Waals surface area contributed by atoms with Crippen LogP contribution in [0.5, 0.6) is 0 Å². The minimum Gasteiger partial charge on any atom is -0.478 e. The van der Waals surface area contributed by atoms with Crippen LogP contribution in [-0.4, -0.2) is 32.5 Å². The Morgan fingerprint density at radius 3 is 2.88 bits per heavy atom. The lowest BCUT2D eigenvalue weighted by atomic mass is 10.1. The molecule has 86 valence electrons. The highest BCUT2D eigenvalue weighted by Crippen LogP contribution is 2.32. The lowest BCUT2D eigenvalue weighted by Gasteiger charge is -2.23. The summed E-state index contributed by atoms with van der Waals surface area (Å²) in [7, 11) is 0. The second kappa shape index (κ2) is 4.82. The van der Waals surface area contributed by atoms with E-state index in [1.807, 2.05) is 18.7 Å². The molecule has 0 spiro atoms. The number of hydrogen-bond donors (Lipinski definition) is 1. The van der Waals surface area contributed by atoms with Crippen molar-refractivity contribution in [3.63, 3.8) is 0 Å². The largest absolute Gasteiger partial charge is 0.478 e. The average molecular weight is 238 g/mol. The molecule has 0 saturated carbocycles. The average Bonchev–Trinajstić information content (AvgIpc) is 2.15. The smallest absolute Gasteiger partial charge is 0.339 e. The van der Waals surface area contributed by atoms with Crippen LogP contribution >= 0.6 is 11.8 Å². The van der Waals surface area contributed by atoms with Gasteiger partial charge in [0, 0.05) is 23.6 Å². The maximum atomic E-state index is 11.0. The Balaban J connectivity index is 2.30. The van der Waals surface area contributed by atoms with Crippen molar-refractivity contribution in [2.75, 3.05) is 11.5 Å². The highest BCUT2D eigenvalue weighted by Gasteiger charge is 2.24. The van der Waals surface area contributed by atoms with E-state index in [-0.39, 0.29) is 5.56 Å². The number of aromatic carboxylic acids is 1. The van der Waals surface area contributed by atoms with E-state index in [1.165, 1.54) is 6.20 Å². The number of nitrogens with zero attached hydrogens (tertiary/aromatic N) is 2. The molecular formula is C11H14N2O2S. The van der Waals surface area contributed by atoms with Crippen molar-refractivity contribution >= 4 is 17.7 Å². The number of carboxylic acids is 1. The zero-order chi connectivity index (χ0) is 11.5. The van der Waals surface area contributed by atoms with Crippen LogP contribution in [0.3, 0.4) is 0 Å². The molecule has 2 heterocycles. The number of aryl methyl sites for hydroxylation is 1. The van der Waals surface area contributed by atoms with Gasteiger partial charge in [0.1, 0.15) is 5.82 Å². The molecule has 1 aliphatic heterocycles. The van der Waals surface area contributed by atoms with Gasteiger partial charge < -0.3 is 5.11 Å². The minimum absolute atomic E-state index is 0.248. The molecule has 1 aromatic rings. The fourth-order valence-electron chi connectivity index (χ4n) is 1.62. The summed E-state index contributed by atoms with van der Waals surface area (Å²) in [6, 6.07) is 0. The van der Waals surface area contributed by atoms with Gasteiger partial charge >= 0.3 is 5.97 Å². The van der Waals surface area contributed by atoms with Crippen LogP contribution in [0.25, 0.3) is 0 Å². The molecule has 2 rings (SSSR count). The molecule has 16 heavy (non-hydrogen) atoms. The summed E-state index contributed by atoms with van der Waals surface area (Å²) in [5, 5.41) is 9.01. The predicted octanol–water partition coefficient (Wildman–Crippen LogP) is 1.96. The molecule has 1 saturated heterocycles. The zero-order valence-corrected chi connectivity index (χ0v) is 9.96. The molecule has 0 aromatic carbocycles. The van der Waals surface area contributed by atoms with Gasteiger partial charge in [-0.3, -0.25) is 0 Å². The van der Waals surface area contributed by atoms with E-state index in [2.05, 4.69) is 9.97 Å². The number of rotatable bonds is 4. The Kier molecular flexibility index (Phi) is 3.43. The molecule has 0 aliphatic carbocycles. The van der Waals surface area contributed by atoms with Gasteiger partial charge in [-0.15, -0.1) is 0 Å². The summed E-state index contributed by atoms with van der Waals surface area (Å²) in [4.78, 5) is 19.5. The normalized spacial score (nSPS) is 15.8. The number of thioether (sulfide) groups is 1. The third-order valence-electron chi connectivity index (χ3n) is 2.61. The van der Waals surface area contributed by atoms with Gasteiger partial charge in [-0.2, -0.15) is 11.8 Å². The summed E-state index contributed by atoms with van der Waals surface area (Å²) in [6.07, 6.45) is 3.06. The van der Waals surface area contributed by atoms with Crippen molar-refractivity contribution in [2.45, 2.75) is 25.7 Å². The van der Waals surface area contributed by atoms with E-state index >= 15 is 0 Å². The van der Waals surface area contributed by atoms with Crippen LogP contribution in [-0.2, 0) is 6.42 Å². The SMILES string of the molecule is CCCc1nc(C2CSC2)ncc1C(=O)O. The summed E-state index contributed by atoms with van der Waals surface area (Å²) >= 11 is 1.87. The van der Waals surface area contributed by atoms with Crippen molar-refractivity contribution in [1.29, 1.82) is 0 Å². The zero-order valence-electron chi connectivity index (χ0n) is 9.14. The Labute approximate surface area is 98.5 Å². The summed E-state index contributed by atoms with van der Waals surface area (Å²) < 4.78 is 0. The molecule has 0 bridgehead atoms. The van der Waals surface area contributed by atoms with Crippen molar-refractivity contribution < 1.29 is 9.90 Å². The molecule has 0 radical (unpaired) electrons. The van der Waals surface area contributed by atoms with Gasteiger partial charge in [0.25, 0.3) is 0 Å². The molecule has 1 aliphatic rings. The molecule has 0 amide bonds. The van der Waals surface area contributed by atoms with Crippen LogP contribution in [0, 0.1) is 0 Å². The number of hydrogen-bond acceptors (Lipinski definition) is 4. The van der Waals surface area contributed by atoms with Crippen LogP contribution in [0.2, 0.25) is 0 Å². The molecule has 1 N–H and O–H groups in total. The van der Waals surface area contributed by atoms with E-state index < -0.39 is 5.97 Å². The first kappa shape index (κ1) is 11.4. The third kappa shape index (κ3) is 2.19. The van der Waals surface area contributed by atoms with Gasteiger partial charge in [0.15, 0.2) is 0 Å². The van der Waals surface area contributed by atoms with Gasteiger partial charge in [-0.25, -0.2) is 14.8 Å². The highest BCUT2D eigenvalue weighted by atomic mass is 32.2. The van der Waals surface area contributed by atoms with E-state index in [4.69, 9.17) is 5.11 Å². The monoisotopic (exact) mass is 238 g/mol. The van der Waals surface area contributed by atoms with E-state index in [9.17, 15) is 4.79 Å². The maximum absolute atomic E-state index is 11.0. The lowest BCUT2D eigenvalue weighted by molar-refractivity contribution is 0.0694. The highest BCUT2D eigenvalue weighted by molar-refractivity contribution is 8.00. The van der Waals surface area contributed by atoms with Crippen molar-refractivity contribution in [3.8, 4) is 0 Å².